The Kier molecular flexibility index (Phi) is 2.98. The molecule has 1 heterocycles. The fourth-order valence-corrected chi connectivity index (χ4v) is 0.946. The minimum Gasteiger partial charge on any atom is -0.481 e. The zero-order valence-corrected chi connectivity index (χ0v) is 7.52. The van der Waals surface area contributed by atoms with Crippen molar-refractivity contribution in [1.82, 2.24) is 9.97 Å². The number of carboxylic acid groups (broad SMARTS) is 2. The Morgan fingerprint density at radius 2 is 2.07 bits per heavy atom. The summed E-state index contributed by atoms with van der Waals surface area (Å²) in [5.41, 5.74) is -0.391. The molecule has 0 bridgehead atoms. The number of aromatic carboxylic acids is 1. The number of nitrogens with zero attached hydrogens (tertiary/aromatic N) is 2. The third-order valence-electron chi connectivity index (χ3n) is 1.31. The molecular weight excluding hydrogens is 212 g/mol. The number of hydrogen-bond donors (Lipinski definition) is 2. The van der Waals surface area contributed by atoms with E-state index in [0.29, 0.717) is 0 Å². The van der Waals surface area contributed by atoms with Gasteiger partial charge in [-0.3, -0.25) is 4.79 Å². The van der Waals surface area contributed by atoms with Gasteiger partial charge < -0.3 is 10.2 Å². The average Bonchev–Trinajstić information content (AvgIpc) is 2.07. The first-order chi connectivity index (χ1) is 6.50. The fraction of sp³-hybridized carbons (Fsp3) is 0.143. The number of aromatic nitrogens is 2. The molecule has 74 valence electrons. The summed E-state index contributed by atoms with van der Waals surface area (Å²) in [6, 6.07) is 0. The summed E-state index contributed by atoms with van der Waals surface area (Å²) in [6.45, 7) is 0. The van der Waals surface area contributed by atoms with Crippen LogP contribution in [0.1, 0.15) is 16.3 Å². The fourth-order valence-electron chi connectivity index (χ4n) is 0.774. The van der Waals surface area contributed by atoms with Crippen molar-refractivity contribution in [3.63, 3.8) is 0 Å². The van der Waals surface area contributed by atoms with E-state index in [9.17, 15) is 9.59 Å². The van der Waals surface area contributed by atoms with Crippen LogP contribution in [-0.2, 0) is 11.2 Å². The zero-order valence-electron chi connectivity index (χ0n) is 6.77. The zero-order chi connectivity index (χ0) is 10.7. The van der Waals surface area contributed by atoms with Crippen molar-refractivity contribution in [2.24, 2.45) is 0 Å². The lowest BCUT2D eigenvalue weighted by molar-refractivity contribution is -0.136. The van der Waals surface area contributed by atoms with Crippen molar-refractivity contribution in [2.75, 3.05) is 0 Å². The number of hydrogen-bond acceptors (Lipinski definition) is 4. The van der Waals surface area contributed by atoms with Gasteiger partial charge in [-0.05, 0) is 0 Å². The van der Waals surface area contributed by atoms with Crippen molar-refractivity contribution in [3.8, 4) is 0 Å². The number of carboxylic acids is 2. The summed E-state index contributed by atoms with van der Waals surface area (Å²) in [5.74, 6) is -2.54. The quantitative estimate of drug-likeness (QED) is 0.761. The maximum atomic E-state index is 10.5. The first-order valence-corrected chi connectivity index (χ1v) is 3.85. The molecule has 0 radical (unpaired) electrons. The Balaban J connectivity index is 3.06. The lowest BCUT2D eigenvalue weighted by Crippen LogP contribution is -2.09. The van der Waals surface area contributed by atoms with Gasteiger partial charge in [0.25, 0.3) is 0 Å². The monoisotopic (exact) mass is 216 g/mol. The summed E-state index contributed by atoms with van der Waals surface area (Å²) < 4.78 is 0. The molecule has 0 unspecified atom stereocenters. The van der Waals surface area contributed by atoms with Gasteiger partial charge >= 0.3 is 11.9 Å². The lowest BCUT2D eigenvalue weighted by Gasteiger charge is -1.99. The topological polar surface area (TPSA) is 100 Å². The third kappa shape index (κ3) is 2.40. The Morgan fingerprint density at radius 1 is 1.43 bits per heavy atom. The first kappa shape index (κ1) is 10.4. The minimum absolute atomic E-state index is 0.0840. The lowest BCUT2D eigenvalue weighted by atomic mass is 10.3. The van der Waals surface area contributed by atoms with Crippen molar-refractivity contribution < 1.29 is 19.8 Å². The molecule has 2 N–H and O–H groups in total. The molecule has 7 heteroatoms. The van der Waals surface area contributed by atoms with E-state index in [4.69, 9.17) is 21.8 Å². The van der Waals surface area contributed by atoms with E-state index in [1.807, 2.05) is 0 Å². The number of aliphatic carboxylic acids is 1. The second kappa shape index (κ2) is 4.01. The van der Waals surface area contributed by atoms with Crippen molar-refractivity contribution in [3.05, 3.63) is 22.7 Å². The van der Waals surface area contributed by atoms with Gasteiger partial charge in [0.2, 0.25) is 0 Å². The van der Waals surface area contributed by atoms with E-state index in [0.717, 1.165) is 6.20 Å². The highest BCUT2D eigenvalue weighted by Gasteiger charge is 2.13. The summed E-state index contributed by atoms with van der Waals surface area (Å²) in [5, 5.41) is 16.9. The van der Waals surface area contributed by atoms with Gasteiger partial charge in [0.1, 0.15) is 12.2 Å². The molecule has 6 nitrogen and oxygen atoms in total. The summed E-state index contributed by atoms with van der Waals surface area (Å²) >= 11 is 5.47. The van der Waals surface area contributed by atoms with Gasteiger partial charge in [-0.15, -0.1) is 0 Å². The largest absolute Gasteiger partial charge is 0.481 e. The molecule has 0 aliphatic heterocycles. The van der Waals surface area contributed by atoms with E-state index in [-0.39, 0.29) is 10.8 Å². The molecule has 1 rings (SSSR count). The Hall–Kier alpha value is -1.69. The molecule has 1 aromatic heterocycles. The molecule has 1 aromatic rings. The predicted octanol–water partition coefficient (Wildman–Crippen LogP) is 0.455. The molecular formula is C7H5ClN2O4. The van der Waals surface area contributed by atoms with Crippen LogP contribution in [0.25, 0.3) is 0 Å². The van der Waals surface area contributed by atoms with Crippen LogP contribution in [0.2, 0.25) is 5.02 Å². The smallest absolute Gasteiger partial charge is 0.356 e. The van der Waals surface area contributed by atoms with Crippen LogP contribution >= 0.6 is 11.6 Å². The molecule has 0 spiro atoms. The van der Waals surface area contributed by atoms with Crippen LogP contribution < -0.4 is 0 Å². The highest BCUT2D eigenvalue weighted by atomic mass is 35.5. The Morgan fingerprint density at radius 3 is 2.57 bits per heavy atom. The van der Waals surface area contributed by atoms with E-state index in [1.54, 1.807) is 0 Å². The van der Waals surface area contributed by atoms with Gasteiger partial charge in [-0.1, -0.05) is 11.6 Å². The summed E-state index contributed by atoms with van der Waals surface area (Å²) in [6.07, 6.45) is 0.633. The molecule has 0 aromatic carbocycles. The van der Waals surface area contributed by atoms with Gasteiger partial charge in [0.15, 0.2) is 5.69 Å². The molecule has 0 fully saturated rings. The first-order valence-electron chi connectivity index (χ1n) is 3.47. The molecule has 14 heavy (non-hydrogen) atoms. The van der Waals surface area contributed by atoms with E-state index in [2.05, 4.69) is 9.97 Å². The Bertz CT molecular complexity index is 393. The number of carbonyl (C=O) groups is 2. The minimum atomic E-state index is -1.32. The van der Waals surface area contributed by atoms with Crippen LogP contribution in [0.15, 0.2) is 6.20 Å². The van der Waals surface area contributed by atoms with Gasteiger partial charge in [0.05, 0.1) is 11.2 Å². The Labute approximate surface area is 83.2 Å². The van der Waals surface area contributed by atoms with Gasteiger partial charge in [-0.2, -0.15) is 0 Å². The van der Waals surface area contributed by atoms with E-state index in [1.165, 1.54) is 0 Å². The van der Waals surface area contributed by atoms with E-state index < -0.39 is 24.1 Å². The molecule has 0 amide bonds. The maximum Gasteiger partial charge on any atom is 0.356 e. The molecule has 0 saturated heterocycles. The number of halogens is 1. The third-order valence-corrected chi connectivity index (χ3v) is 1.58. The van der Waals surface area contributed by atoms with Gasteiger partial charge in [0, 0.05) is 0 Å². The van der Waals surface area contributed by atoms with Crippen molar-refractivity contribution >= 4 is 23.5 Å². The van der Waals surface area contributed by atoms with Crippen LogP contribution in [0.5, 0.6) is 0 Å². The maximum absolute atomic E-state index is 10.5. The van der Waals surface area contributed by atoms with Crippen molar-refractivity contribution in [1.29, 1.82) is 0 Å². The molecule has 0 atom stereocenters. The predicted molar refractivity (Wildman–Crippen MR) is 45.3 cm³/mol. The molecule has 0 aliphatic carbocycles. The molecule has 0 aliphatic rings. The van der Waals surface area contributed by atoms with Gasteiger partial charge in [-0.25, -0.2) is 14.8 Å². The standard InChI is InChI=1S/C7H5ClN2O4/c8-3-2-9-4(1-5(11)12)10-6(3)7(13)14/h2H,1H2,(H,11,12)(H,13,14). The normalized spacial score (nSPS) is 9.79. The van der Waals surface area contributed by atoms with Crippen LogP contribution in [0.3, 0.4) is 0 Å². The van der Waals surface area contributed by atoms with Crippen LogP contribution in [0.4, 0.5) is 0 Å². The SMILES string of the molecule is O=C(O)Cc1ncc(Cl)c(C(=O)O)n1. The van der Waals surface area contributed by atoms with Crippen LogP contribution in [-0.4, -0.2) is 32.1 Å². The summed E-state index contributed by atoms with van der Waals surface area (Å²) in [4.78, 5) is 27.9. The number of rotatable bonds is 3. The van der Waals surface area contributed by atoms with E-state index >= 15 is 0 Å². The second-order valence-corrected chi connectivity index (χ2v) is 2.77. The van der Waals surface area contributed by atoms with Crippen LogP contribution in [0, 0.1) is 0 Å². The van der Waals surface area contributed by atoms with Crippen molar-refractivity contribution in [2.45, 2.75) is 6.42 Å². The highest BCUT2D eigenvalue weighted by Crippen LogP contribution is 2.11. The summed E-state index contributed by atoms with van der Waals surface area (Å²) in [7, 11) is 0. The highest BCUT2D eigenvalue weighted by molar-refractivity contribution is 6.33. The second-order valence-electron chi connectivity index (χ2n) is 2.36. The molecule has 0 saturated carbocycles. The average molecular weight is 217 g/mol.